The van der Waals surface area contributed by atoms with E-state index in [9.17, 15) is 9.90 Å². The van der Waals surface area contributed by atoms with Crippen molar-refractivity contribution in [3.05, 3.63) is 60.5 Å². The molecule has 1 atom stereocenters. The molecule has 1 unspecified atom stereocenters. The Morgan fingerprint density at radius 1 is 0.951 bits per heavy atom. The molecule has 7 heteroatoms. The van der Waals surface area contributed by atoms with Crippen molar-refractivity contribution in [3.63, 3.8) is 0 Å². The lowest BCUT2D eigenvalue weighted by Gasteiger charge is -2.23. The van der Waals surface area contributed by atoms with Crippen molar-refractivity contribution in [1.29, 1.82) is 0 Å². The van der Waals surface area contributed by atoms with Gasteiger partial charge in [0.25, 0.3) is 0 Å². The topological polar surface area (TPSA) is 102 Å². The fraction of sp³-hybridized carbons (Fsp3) is 0.500. The number of hydrogen-bond donors (Lipinski definition) is 2. The van der Waals surface area contributed by atoms with Gasteiger partial charge in [-0.3, -0.25) is 4.79 Å². The van der Waals surface area contributed by atoms with Crippen LogP contribution in [0.15, 0.2) is 54.8 Å². The number of nitrogens with zero attached hydrogens (tertiary/aromatic N) is 2. The van der Waals surface area contributed by atoms with Crippen LogP contribution in [0.25, 0.3) is 22.2 Å². The molecule has 4 rings (SSSR count). The summed E-state index contributed by atoms with van der Waals surface area (Å²) in [6, 6.07) is 14.3. The Bertz CT molecular complexity index is 1330. The molecule has 3 aromatic rings. The highest BCUT2D eigenvalue weighted by molar-refractivity contribution is 5.87. The predicted molar refractivity (Wildman–Crippen MR) is 163 cm³/mol. The van der Waals surface area contributed by atoms with Gasteiger partial charge in [-0.05, 0) is 60.6 Å². The molecule has 0 aliphatic heterocycles. The van der Waals surface area contributed by atoms with Crippen LogP contribution in [0.1, 0.15) is 84.3 Å². The van der Waals surface area contributed by atoms with Gasteiger partial charge in [0.05, 0.1) is 24.7 Å². The number of aliphatic hydroxyl groups excluding tert-OH is 1. The predicted octanol–water partition coefficient (Wildman–Crippen LogP) is 8.27. The Hall–Kier alpha value is -3.61. The van der Waals surface area contributed by atoms with Crippen LogP contribution in [0.3, 0.4) is 0 Å². The number of aliphatic hydroxyl groups is 1. The molecular weight excluding hydrogens is 516 g/mol. The van der Waals surface area contributed by atoms with E-state index >= 15 is 0 Å². The fourth-order valence-electron chi connectivity index (χ4n) is 5.27. The number of carboxylic acids is 1. The van der Waals surface area contributed by atoms with Crippen LogP contribution in [0.5, 0.6) is 11.6 Å². The molecule has 1 fully saturated rings. The van der Waals surface area contributed by atoms with E-state index in [-0.39, 0.29) is 11.2 Å². The lowest BCUT2D eigenvalue weighted by molar-refractivity contribution is -0.141. The van der Waals surface area contributed by atoms with Crippen LogP contribution in [-0.2, 0) is 10.2 Å². The van der Waals surface area contributed by atoms with Gasteiger partial charge in [-0.1, -0.05) is 77.7 Å². The molecule has 1 aliphatic carbocycles. The second-order valence-electron chi connectivity index (χ2n) is 12.3. The third kappa shape index (κ3) is 8.69. The summed E-state index contributed by atoms with van der Waals surface area (Å²) in [5, 5.41) is 20.7. The number of hydrogen-bond acceptors (Lipinski definition) is 6. The number of unbranched alkanes of at least 4 members (excludes halogenated alkanes) is 2. The third-order valence-corrected chi connectivity index (χ3v) is 7.84. The van der Waals surface area contributed by atoms with Gasteiger partial charge >= 0.3 is 5.97 Å². The molecule has 1 saturated carbocycles. The van der Waals surface area contributed by atoms with E-state index in [2.05, 4.69) is 39.5 Å². The average Bonchev–Trinajstić information content (AvgIpc) is 2.94. The van der Waals surface area contributed by atoms with E-state index in [4.69, 9.17) is 24.5 Å². The van der Waals surface area contributed by atoms with Crippen LogP contribution < -0.4 is 9.47 Å². The standard InChI is InChI=1S/C34H44N2O5/c1-23(37)29(33(38)39)13-9-6-10-18-40-28-17-16-25-19-27(15-14-26(25)20-28)32-35-30(34(2,3)4)21-31(36-32)41-22-24-11-7-5-8-12-24/h14-17,19-21,24,29,37H,1,5-13,18,22H2,2-4H3,(H,38,39). The van der Waals surface area contributed by atoms with Crippen molar-refractivity contribution in [1.82, 2.24) is 9.97 Å². The normalized spacial score (nSPS) is 15.0. The van der Waals surface area contributed by atoms with Gasteiger partial charge < -0.3 is 19.7 Å². The Kier molecular flexibility index (Phi) is 10.2. The maximum atomic E-state index is 11.1. The van der Waals surface area contributed by atoms with Gasteiger partial charge in [-0.25, -0.2) is 4.98 Å². The maximum Gasteiger partial charge on any atom is 0.314 e. The molecular formula is C34H44N2O5. The molecule has 1 aliphatic rings. The van der Waals surface area contributed by atoms with Crippen LogP contribution in [0.2, 0.25) is 0 Å². The molecule has 220 valence electrons. The minimum atomic E-state index is -1.04. The number of carboxylic acid groups (broad SMARTS) is 1. The number of aliphatic carboxylic acids is 1. The molecule has 0 bridgehead atoms. The van der Waals surface area contributed by atoms with E-state index in [1.165, 1.54) is 32.1 Å². The highest BCUT2D eigenvalue weighted by Crippen LogP contribution is 2.31. The summed E-state index contributed by atoms with van der Waals surface area (Å²) in [4.78, 5) is 20.9. The first-order valence-electron chi connectivity index (χ1n) is 14.9. The SMILES string of the molecule is C=C(O)C(CCCCCOc1ccc2cc(-c3nc(OCC4CCCCC4)cc(C(C)(C)C)n3)ccc2c1)C(=O)O. The number of benzene rings is 2. The minimum absolute atomic E-state index is 0.130. The summed E-state index contributed by atoms with van der Waals surface area (Å²) in [6.45, 7) is 11.1. The zero-order valence-corrected chi connectivity index (χ0v) is 24.7. The Balaban J connectivity index is 1.39. The van der Waals surface area contributed by atoms with Crippen molar-refractivity contribution in [2.45, 2.75) is 84.0 Å². The highest BCUT2D eigenvalue weighted by atomic mass is 16.5. The maximum absolute atomic E-state index is 11.1. The first-order chi connectivity index (χ1) is 19.6. The van der Waals surface area contributed by atoms with Gasteiger partial charge in [-0.15, -0.1) is 0 Å². The molecule has 1 heterocycles. The zero-order valence-electron chi connectivity index (χ0n) is 24.7. The summed E-state index contributed by atoms with van der Waals surface area (Å²) < 4.78 is 12.2. The van der Waals surface area contributed by atoms with E-state index in [1.807, 2.05) is 30.3 Å². The van der Waals surface area contributed by atoms with Crippen molar-refractivity contribution in [3.8, 4) is 23.0 Å². The lowest BCUT2D eigenvalue weighted by Crippen LogP contribution is -2.18. The number of rotatable bonds is 13. The van der Waals surface area contributed by atoms with Crippen molar-refractivity contribution >= 4 is 16.7 Å². The summed E-state index contributed by atoms with van der Waals surface area (Å²) in [5.74, 6) is 0.496. The molecule has 1 aromatic heterocycles. The van der Waals surface area contributed by atoms with Crippen molar-refractivity contribution in [2.24, 2.45) is 11.8 Å². The molecule has 0 radical (unpaired) electrons. The van der Waals surface area contributed by atoms with E-state index in [1.54, 1.807) is 0 Å². The third-order valence-electron chi connectivity index (χ3n) is 7.84. The van der Waals surface area contributed by atoms with Crippen LogP contribution in [0.4, 0.5) is 0 Å². The second-order valence-corrected chi connectivity index (χ2v) is 12.3. The number of ether oxygens (including phenoxy) is 2. The van der Waals surface area contributed by atoms with Gasteiger partial charge in [0, 0.05) is 17.0 Å². The summed E-state index contributed by atoms with van der Waals surface area (Å²) >= 11 is 0. The first kappa shape index (κ1) is 30.4. The number of fused-ring (bicyclic) bond motifs is 1. The Morgan fingerprint density at radius 2 is 1.68 bits per heavy atom. The van der Waals surface area contributed by atoms with Crippen LogP contribution >= 0.6 is 0 Å². The number of carbonyl (C=O) groups is 1. The molecule has 2 N–H and O–H groups in total. The smallest absolute Gasteiger partial charge is 0.314 e. The van der Waals surface area contributed by atoms with Gasteiger partial charge in [0.1, 0.15) is 11.7 Å². The lowest BCUT2D eigenvalue weighted by atomic mass is 9.90. The van der Waals surface area contributed by atoms with E-state index in [0.717, 1.165) is 40.6 Å². The minimum Gasteiger partial charge on any atom is -0.512 e. The van der Waals surface area contributed by atoms with Crippen LogP contribution in [0, 0.1) is 11.8 Å². The molecule has 0 spiro atoms. The monoisotopic (exact) mass is 560 g/mol. The molecule has 0 saturated heterocycles. The molecule has 41 heavy (non-hydrogen) atoms. The van der Waals surface area contributed by atoms with Gasteiger partial charge in [0.15, 0.2) is 5.82 Å². The number of aromatic nitrogens is 2. The second kappa shape index (κ2) is 13.8. The Labute approximate surface area is 243 Å². The average molecular weight is 561 g/mol. The largest absolute Gasteiger partial charge is 0.512 e. The van der Waals surface area contributed by atoms with Crippen LogP contribution in [-0.4, -0.2) is 39.4 Å². The highest BCUT2D eigenvalue weighted by Gasteiger charge is 2.21. The molecule has 2 aromatic carbocycles. The van der Waals surface area contributed by atoms with Gasteiger partial charge in [-0.2, -0.15) is 4.98 Å². The summed E-state index contributed by atoms with van der Waals surface area (Å²) in [6.07, 6.45) is 9.05. The van der Waals surface area contributed by atoms with Crippen molar-refractivity contribution < 1.29 is 24.5 Å². The van der Waals surface area contributed by atoms with E-state index in [0.29, 0.717) is 43.7 Å². The summed E-state index contributed by atoms with van der Waals surface area (Å²) in [5.41, 5.74) is 1.78. The Morgan fingerprint density at radius 3 is 2.39 bits per heavy atom. The van der Waals surface area contributed by atoms with E-state index < -0.39 is 11.9 Å². The quantitative estimate of drug-likeness (QED) is 0.160. The summed E-state index contributed by atoms with van der Waals surface area (Å²) in [7, 11) is 0. The van der Waals surface area contributed by atoms with Gasteiger partial charge in [0.2, 0.25) is 5.88 Å². The fourth-order valence-corrected chi connectivity index (χ4v) is 5.27. The molecule has 0 amide bonds. The first-order valence-corrected chi connectivity index (χ1v) is 14.9. The zero-order chi connectivity index (χ0) is 29.4. The van der Waals surface area contributed by atoms with Crippen molar-refractivity contribution in [2.75, 3.05) is 13.2 Å². The molecule has 7 nitrogen and oxygen atoms in total.